The van der Waals surface area contributed by atoms with Crippen molar-refractivity contribution in [3.8, 4) is 0 Å². The van der Waals surface area contributed by atoms with Crippen molar-refractivity contribution in [3.05, 3.63) is 58.5 Å². The Hall–Kier alpha value is -2.01. The third kappa shape index (κ3) is 3.67. The van der Waals surface area contributed by atoms with Gasteiger partial charge in [-0.3, -0.25) is 5.01 Å². The minimum absolute atomic E-state index is 0.687. The normalized spacial score (nSPS) is 14.9. The van der Waals surface area contributed by atoms with Crippen LogP contribution in [0.4, 0.5) is 5.69 Å². The standard InChI is InChI=1S/C18H21N3OS/c1-14-7-8-16(13-15(14)2)23-18-6-4-3-5-17(18)20-9-11-21(19-22)12-10-20/h3-8,13H,9-12H2,1-2H3. The molecule has 0 spiro atoms. The summed E-state index contributed by atoms with van der Waals surface area (Å²) in [4.78, 5) is 15.5. The number of rotatable bonds is 4. The van der Waals surface area contributed by atoms with Crippen LogP contribution in [0.25, 0.3) is 0 Å². The van der Waals surface area contributed by atoms with Crippen molar-refractivity contribution in [3.63, 3.8) is 0 Å². The quantitative estimate of drug-likeness (QED) is 0.786. The molecule has 1 fully saturated rings. The van der Waals surface area contributed by atoms with Crippen molar-refractivity contribution in [2.75, 3.05) is 31.1 Å². The number of nitroso groups, excluding NO2 is 1. The van der Waals surface area contributed by atoms with E-state index in [1.165, 1.54) is 26.6 Å². The average Bonchev–Trinajstić information content (AvgIpc) is 2.59. The third-order valence-electron chi connectivity index (χ3n) is 4.28. The molecule has 0 aliphatic carbocycles. The molecule has 0 N–H and O–H groups in total. The number of benzene rings is 2. The molecule has 23 heavy (non-hydrogen) atoms. The van der Waals surface area contributed by atoms with Crippen LogP contribution in [-0.4, -0.2) is 31.2 Å². The van der Waals surface area contributed by atoms with E-state index in [0.717, 1.165) is 13.1 Å². The molecule has 5 heteroatoms. The van der Waals surface area contributed by atoms with E-state index < -0.39 is 0 Å². The molecule has 3 rings (SSSR count). The van der Waals surface area contributed by atoms with Crippen molar-refractivity contribution < 1.29 is 0 Å². The lowest BCUT2D eigenvalue weighted by atomic mass is 10.1. The topological polar surface area (TPSA) is 35.9 Å². The maximum absolute atomic E-state index is 10.6. The molecule has 0 amide bonds. The molecule has 1 saturated heterocycles. The lowest BCUT2D eigenvalue weighted by Crippen LogP contribution is -2.44. The summed E-state index contributed by atoms with van der Waals surface area (Å²) < 4.78 is 0. The fourth-order valence-corrected chi connectivity index (χ4v) is 3.80. The van der Waals surface area contributed by atoms with E-state index >= 15 is 0 Å². The molecule has 0 radical (unpaired) electrons. The van der Waals surface area contributed by atoms with Crippen molar-refractivity contribution in [2.24, 2.45) is 5.29 Å². The number of aryl methyl sites for hydroxylation is 2. The largest absolute Gasteiger partial charge is 0.367 e. The Morgan fingerprint density at radius 2 is 1.70 bits per heavy atom. The first-order valence-electron chi connectivity index (χ1n) is 7.84. The summed E-state index contributed by atoms with van der Waals surface area (Å²) in [5.74, 6) is 0. The second-order valence-corrected chi connectivity index (χ2v) is 6.95. The fourth-order valence-electron chi connectivity index (χ4n) is 2.73. The smallest absolute Gasteiger partial charge is 0.0568 e. The Labute approximate surface area is 141 Å². The summed E-state index contributed by atoms with van der Waals surface area (Å²) >= 11 is 1.80. The number of nitrogens with zero attached hydrogens (tertiary/aromatic N) is 3. The SMILES string of the molecule is Cc1ccc(Sc2ccccc2N2CCN(N=O)CC2)cc1C. The van der Waals surface area contributed by atoms with E-state index in [9.17, 15) is 4.91 Å². The van der Waals surface area contributed by atoms with E-state index in [1.54, 1.807) is 16.8 Å². The monoisotopic (exact) mass is 327 g/mol. The van der Waals surface area contributed by atoms with Gasteiger partial charge in [0.15, 0.2) is 0 Å². The van der Waals surface area contributed by atoms with Crippen LogP contribution in [0.3, 0.4) is 0 Å². The Morgan fingerprint density at radius 1 is 0.957 bits per heavy atom. The molecule has 2 aromatic carbocycles. The summed E-state index contributed by atoms with van der Waals surface area (Å²) in [5.41, 5.74) is 3.87. The molecule has 4 nitrogen and oxygen atoms in total. The summed E-state index contributed by atoms with van der Waals surface area (Å²) in [6, 6.07) is 15.1. The van der Waals surface area contributed by atoms with Gasteiger partial charge in [-0.25, -0.2) is 0 Å². The average molecular weight is 327 g/mol. The zero-order chi connectivity index (χ0) is 16.2. The Morgan fingerprint density at radius 3 is 2.39 bits per heavy atom. The molecular formula is C18H21N3OS. The molecule has 1 aliphatic rings. The first-order valence-corrected chi connectivity index (χ1v) is 8.66. The molecule has 0 aromatic heterocycles. The summed E-state index contributed by atoms with van der Waals surface area (Å²) in [6.45, 7) is 7.32. The van der Waals surface area contributed by atoms with Gasteiger partial charge in [0.2, 0.25) is 0 Å². The van der Waals surface area contributed by atoms with Gasteiger partial charge in [-0.1, -0.05) is 30.0 Å². The van der Waals surface area contributed by atoms with Gasteiger partial charge >= 0.3 is 0 Å². The molecule has 2 aromatic rings. The molecular weight excluding hydrogens is 306 g/mol. The number of para-hydroxylation sites is 1. The number of hydrogen-bond acceptors (Lipinski definition) is 4. The van der Waals surface area contributed by atoms with Crippen LogP contribution in [0.5, 0.6) is 0 Å². The lowest BCUT2D eigenvalue weighted by Gasteiger charge is -2.34. The van der Waals surface area contributed by atoms with Crippen molar-refractivity contribution in [2.45, 2.75) is 23.6 Å². The van der Waals surface area contributed by atoms with Gasteiger partial charge in [0.1, 0.15) is 0 Å². The molecule has 0 unspecified atom stereocenters. The van der Waals surface area contributed by atoms with Gasteiger partial charge in [-0.05, 0) is 49.2 Å². The fraction of sp³-hybridized carbons (Fsp3) is 0.333. The third-order valence-corrected chi connectivity index (χ3v) is 5.34. The molecule has 0 atom stereocenters. The van der Waals surface area contributed by atoms with Gasteiger partial charge in [0, 0.05) is 22.9 Å². The van der Waals surface area contributed by atoms with Crippen LogP contribution >= 0.6 is 11.8 Å². The highest BCUT2D eigenvalue weighted by atomic mass is 32.2. The predicted octanol–water partition coefficient (Wildman–Crippen LogP) is 4.26. The molecule has 0 saturated carbocycles. The minimum Gasteiger partial charge on any atom is -0.367 e. The van der Waals surface area contributed by atoms with E-state index in [4.69, 9.17) is 0 Å². The Kier molecular flexibility index (Phi) is 4.86. The number of hydrogen-bond donors (Lipinski definition) is 0. The zero-order valence-electron chi connectivity index (χ0n) is 13.5. The maximum Gasteiger partial charge on any atom is 0.0568 e. The summed E-state index contributed by atoms with van der Waals surface area (Å²) in [7, 11) is 0. The Bertz CT molecular complexity index is 696. The molecule has 1 heterocycles. The Balaban J connectivity index is 1.80. The van der Waals surface area contributed by atoms with Crippen LogP contribution < -0.4 is 4.90 Å². The van der Waals surface area contributed by atoms with E-state index in [2.05, 4.69) is 66.5 Å². The van der Waals surface area contributed by atoms with Crippen LogP contribution in [0.1, 0.15) is 11.1 Å². The van der Waals surface area contributed by atoms with Gasteiger partial charge in [0.05, 0.1) is 24.1 Å². The van der Waals surface area contributed by atoms with Gasteiger partial charge < -0.3 is 4.90 Å². The van der Waals surface area contributed by atoms with Crippen LogP contribution in [-0.2, 0) is 0 Å². The molecule has 120 valence electrons. The summed E-state index contributed by atoms with van der Waals surface area (Å²) in [6.07, 6.45) is 0. The number of piperazine rings is 1. The first kappa shape index (κ1) is 15.9. The molecule has 0 bridgehead atoms. The van der Waals surface area contributed by atoms with Crippen LogP contribution in [0.2, 0.25) is 0 Å². The zero-order valence-corrected chi connectivity index (χ0v) is 14.3. The highest BCUT2D eigenvalue weighted by Crippen LogP contribution is 2.36. The highest BCUT2D eigenvalue weighted by Gasteiger charge is 2.19. The first-order chi connectivity index (χ1) is 11.2. The lowest BCUT2D eigenvalue weighted by molar-refractivity contribution is 0.266. The van der Waals surface area contributed by atoms with E-state index in [1.807, 2.05) is 0 Å². The van der Waals surface area contributed by atoms with Gasteiger partial charge in [-0.2, -0.15) is 0 Å². The van der Waals surface area contributed by atoms with Crippen molar-refractivity contribution >= 4 is 17.4 Å². The maximum atomic E-state index is 10.6. The van der Waals surface area contributed by atoms with Crippen LogP contribution in [0.15, 0.2) is 57.5 Å². The second-order valence-electron chi connectivity index (χ2n) is 5.84. The van der Waals surface area contributed by atoms with E-state index in [0.29, 0.717) is 13.1 Å². The van der Waals surface area contributed by atoms with Crippen molar-refractivity contribution in [1.29, 1.82) is 0 Å². The van der Waals surface area contributed by atoms with Gasteiger partial charge in [-0.15, -0.1) is 4.91 Å². The molecule has 1 aliphatic heterocycles. The van der Waals surface area contributed by atoms with E-state index in [-0.39, 0.29) is 0 Å². The summed E-state index contributed by atoms with van der Waals surface area (Å²) in [5, 5.41) is 4.63. The number of anilines is 1. The van der Waals surface area contributed by atoms with Crippen molar-refractivity contribution in [1.82, 2.24) is 5.01 Å². The second kappa shape index (κ2) is 7.04. The predicted molar refractivity (Wildman–Crippen MR) is 96.1 cm³/mol. The highest BCUT2D eigenvalue weighted by molar-refractivity contribution is 7.99. The van der Waals surface area contributed by atoms with Crippen LogP contribution in [0, 0.1) is 18.8 Å². The minimum atomic E-state index is 0.687. The van der Waals surface area contributed by atoms with Gasteiger partial charge in [0.25, 0.3) is 0 Å².